The molecule has 1 aliphatic rings. The Balaban J connectivity index is 1.63. The molecule has 3 rings (SSSR count). The lowest BCUT2D eigenvalue weighted by Gasteiger charge is -2.32. The van der Waals surface area contributed by atoms with Crippen molar-refractivity contribution in [3.05, 3.63) is 57.8 Å². The van der Waals surface area contributed by atoms with Crippen molar-refractivity contribution in [3.8, 4) is 0 Å². The van der Waals surface area contributed by atoms with Crippen molar-refractivity contribution in [2.75, 3.05) is 13.1 Å². The number of rotatable bonds is 2. The van der Waals surface area contributed by atoms with Gasteiger partial charge in [-0.15, -0.1) is 0 Å². The van der Waals surface area contributed by atoms with E-state index in [1.165, 1.54) is 17.7 Å². The van der Waals surface area contributed by atoms with Crippen LogP contribution in [0.4, 0.5) is 13.2 Å². The van der Waals surface area contributed by atoms with E-state index in [4.69, 9.17) is 0 Å². The van der Waals surface area contributed by atoms with Gasteiger partial charge >= 0.3 is 6.18 Å². The van der Waals surface area contributed by atoms with Crippen molar-refractivity contribution in [1.29, 1.82) is 0 Å². The third-order valence-corrected chi connectivity index (χ3v) is 4.96. The van der Waals surface area contributed by atoms with E-state index in [-0.39, 0.29) is 5.91 Å². The molecule has 2 aromatic rings. The summed E-state index contributed by atoms with van der Waals surface area (Å²) in [5.41, 5.74) is 0.897. The molecule has 0 spiro atoms. The molecule has 122 valence electrons. The number of halogens is 3. The van der Waals surface area contributed by atoms with Gasteiger partial charge in [-0.3, -0.25) is 4.79 Å². The summed E-state index contributed by atoms with van der Waals surface area (Å²) in [6.07, 6.45) is -2.59. The highest BCUT2D eigenvalue weighted by molar-refractivity contribution is 7.07. The number of thiophene rings is 1. The summed E-state index contributed by atoms with van der Waals surface area (Å²) in [4.78, 5) is 14.1. The summed E-state index contributed by atoms with van der Waals surface area (Å²) >= 11 is 1.67. The van der Waals surface area contributed by atoms with Gasteiger partial charge in [0.2, 0.25) is 0 Å². The van der Waals surface area contributed by atoms with Crippen LogP contribution >= 0.6 is 11.3 Å². The highest BCUT2D eigenvalue weighted by atomic mass is 32.1. The second kappa shape index (κ2) is 6.35. The Labute approximate surface area is 136 Å². The molecule has 1 fully saturated rings. The Bertz CT molecular complexity index is 656. The molecule has 1 saturated heterocycles. The zero-order chi connectivity index (χ0) is 16.4. The lowest BCUT2D eigenvalue weighted by Crippen LogP contribution is -2.37. The van der Waals surface area contributed by atoms with Crippen molar-refractivity contribution in [1.82, 2.24) is 4.90 Å². The van der Waals surface area contributed by atoms with Crippen molar-refractivity contribution in [2.45, 2.75) is 24.9 Å². The number of amides is 1. The number of piperidine rings is 1. The summed E-state index contributed by atoms with van der Waals surface area (Å²) in [6, 6.07) is 6.56. The van der Waals surface area contributed by atoms with Crippen LogP contribution < -0.4 is 0 Å². The lowest BCUT2D eigenvalue weighted by molar-refractivity contribution is -0.137. The Hall–Kier alpha value is -1.82. The van der Waals surface area contributed by atoms with E-state index in [1.54, 1.807) is 16.2 Å². The van der Waals surface area contributed by atoms with Crippen LogP contribution in [0.3, 0.4) is 0 Å². The van der Waals surface area contributed by atoms with E-state index in [1.807, 2.05) is 0 Å². The monoisotopic (exact) mass is 339 g/mol. The Morgan fingerprint density at radius 3 is 2.26 bits per heavy atom. The average Bonchev–Trinajstić information content (AvgIpc) is 3.08. The summed E-state index contributed by atoms with van der Waals surface area (Å²) in [5.74, 6) is 0.278. The van der Waals surface area contributed by atoms with Gasteiger partial charge in [0.25, 0.3) is 5.91 Å². The number of hydrogen-bond acceptors (Lipinski definition) is 2. The number of alkyl halides is 3. The van der Waals surface area contributed by atoms with Crippen molar-refractivity contribution in [3.63, 3.8) is 0 Å². The van der Waals surface area contributed by atoms with Gasteiger partial charge in [-0.05, 0) is 65.4 Å². The second-order valence-corrected chi connectivity index (χ2v) is 6.48. The Morgan fingerprint density at radius 2 is 1.74 bits per heavy atom. The molecule has 0 unspecified atom stereocenters. The molecule has 1 aliphatic heterocycles. The number of carbonyl (C=O) groups excluding carboxylic acids is 1. The van der Waals surface area contributed by atoms with Gasteiger partial charge in [0.1, 0.15) is 0 Å². The Kier molecular flexibility index (Phi) is 4.43. The molecule has 23 heavy (non-hydrogen) atoms. The smallest absolute Gasteiger partial charge is 0.339 e. The third-order valence-electron chi connectivity index (χ3n) is 4.26. The average molecular weight is 339 g/mol. The van der Waals surface area contributed by atoms with E-state index in [0.717, 1.165) is 25.0 Å². The number of benzene rings is 1. The molecule has 0 aliphatic carbocycles. The normalized spacial score (nSPS) is 16.6. The lowest BCUT2D eigenvalue weighted by atomic mass is 9.91. The van der Waals surface area contributed by atoms with Gasteiger partial charge < -0.3 is 4.90 Å². The molecule has 0 bridgehead atoms. The van der Waals surface area contributed by atoms with Crippen LogP contribution in [0.2, 0.25) is 0 Å². The molecule has 0 saturated carbocycles. The summed E-state index contributed by atoms with van der Waals surface area (Å²) < 4.78 is 37.7. The van der Waals surface area contributed by atoms with Crippen molar-refractivity contribution >= 4 is 17.2 Å². The van der Waals surface area contributed by atoms with Crippen LogP contribution in [0.1, 0.15) is 40.2 Å². The van der Waals surface area contributed by atoms with Crippen molar-refractivity contribution < 1.29 is 18.0 Å². The first-order chi connectivity index (χ1) is 10.9. The van der Waals surface area contributed by atoms with Crippen LogP contribution in [-0.4, -0.2) is 23.9 Å². The zero-order valence-corrected chi connectivity index (χ0v) is 13.2. The van der Waals surface area contributed by atoms with E-state index >= 15 is 0 Å². The van der Waals surface area contributed by atoms with Crippen LogP contribution in [0.5, 0.6) is 0 Å². The van der Waals surface area contributed by atoms with Crippen LogP contribution in [-0.2, 0) is 6.18 Å². The molecule has 2 nitrogen and oxygen atoms in total. The maximum Gasteiger partial charge on any atom is 0.416 e. The maximum atomic E-state index is 12.6. The number of nitrogens with zero attached hydrogens (tertiary/aromatic N) is 1. The molecule has 1 amide bonds. The molecule has 1 aromatic carbocycles. The summed E-state index contributed by atoms with van der Waals surface area (Å²) in [6.45, 7) is 1.28. The van der Waals surface area contributed by atoms with E-state index in [2.05, 4.69) is 16.8 Å². The van der Waals surface area contributed by atoms with Gasteiger partial charge in [-0.2, -0.15) is 24.5 Å². The quantitative estimate of drug-likeness (QED) is 0.770. The highest BCUT2D eigenvalue weighted by Gasteiger charge is 2.31. The van der Waals surface area contributed by atoms with Crippen LogP contribution in [0.25, 0.3) is 0 Å². The fourth-order valence-electron chi connectivity index (χ4n) is 2.91. The molecular formula is C17H16F3NOS. The van der Waals surface area contributed by atoms with Gasteiger partial charge in [0.05, 0.1) is 5.56 Å². The highest BCUT2D eigenvalue weighted by Crippen LogP contribution is 2.31. The summed E-state index contributed by atoms with van der Waals surface area (Å²) in [5, 5.41) is 4.19. The van der Waals surface area contributed by atoms with Gasteiger partial charge in [0.15, 0.2) is 0 Å². The van der Waals surface area contributed by atoms with Gasteiger partial charge in [-0.25, -0.2) is 0 Å². The van der Waals surface area contributed by atoms with Gasteiger partial charge in [0, 0.05) is 18.7 Å². The topological polar surface area (TPSA) is 20.3 Å². The molecular weight excluding hydrogens is 323 g/mol. The van der Waals surface area contributed by atoms with Crippen molar-refractivity contribution in [2.24, 2.45) is 0 Å². The van der Waals surface area contributed by atoms with E-state index in [9.17, 15) is 18.0 Å². The fraction of sp³-hybridized carbons (Fsp3) is 0.353. The first kappa shape index (κ1) is 16.1. The fourth-order valence-corrected chi connectivity index (χ4v) is 3.65. The van der Waals surface area contributed by atoms with E-state index in [0.29, 0.717) is 24.6 Å². The Morgan fingerprint density at radius 1 is 1.09 bits per heavy atom. The minimum Gasteiger partial charge on any atom is -0.339 e. The first-order valence-corrected chi connectivity index (χ1v) is 8.38. The molecule has 0 atom stereocenters. The molecule has 0 N–H and O–H groups in total. The maximum absolute atomic E-state index is 12.6. The number of likely N-dealkylation sites (tertiary alicyclic amines) is 1. The minimum absolute atomic E-state index is 0.192. The molecule has 0 radical (unpaired) electrons. The predicted molar refractivity (Wildman–Crippen MR) is 83.6 cm³/mol. The first-order valence-electron chi connectivity index (χ1n) is 7.44. The standard InChI is InChI=1S/C17H16F3NOS/c18-17(19,20)15-3-1-13(2-4-15)16(22)21-8-5-12(6-9-21)14-7-10-23-11-14/h1-4,7,10-12H,5-6,8-9H2. The second-order valence-electron chi connectivity index (χ2n) is 5.70. The predicted octanol–water partition coefficient (Wildman–Crippen LogP) is 4.79. The zero-order valence-electron chi connectivity index (χ0n) is 12.3. The molecule has 6 heteroatoms. The third kappa shape index (κ3) is 3.58. The van der Waals surface area contributed by atoms with Gasteiger partial charge in [-0.1, -0.05) is 0 Å². The summed E-state index contributed by atoms with van der Waals surface area (Å²) in [7, 11) is 0. The largest absolute Gasteiger partial charge is 0.416 e. The van der Waals surface area contributed by atoms with Crippen LogP contribution in [0.15, 0.2) is 41.1 Å². The minimum atomic E-state index is -4.37. The molecule has 1 aromatic heterocycles. The van der Waals surface area contributed by atoms with Crippen LogP contribution in [0, 0.1) is 0 Å². The molecule has 2 heterocycles. The number of carbonyl (C=O) groups is 1. The SMILES string of the molecule is O=C(c1ccc(C(F)(F)F)cc1)N1CCC(c2ccsc2)CC1. The van der Waals surface area contributed by atoms with E-state index < -0.39 is 11.7 Å². The number of hydrogen-bond donors (Lipinski definition) is 0.